The number of imide groups is 1. The molecule has 0 aliphatic carbocycles. The van der Waals surface area contributed by atoms with Crippen molar-refractivity contribution in [1.82, 2.24) is 5.32 Å². The van der Waals surface area contributed by atoms with Crippen molar-refractivity contribution >= 4 is 43.7 Å². The molecule has 0 saturated heterocycles. The molecule has 17 heavy (non-hydrogen) atoms. The molecule has 0 radical (unpaired) electrons. The maximum absolute atomic E-state index is 11.6. The van der Waals surface area contributed by atoms with Crippen molar-refractivity contribution in [3.63, 3.8) is 0 Å². The Kier molecular flexibility index (Phi) is 5.85. The zero-order valence-corrected chi connectivity index (χ0v) is 12.5. The van der Waals surface area contributed by atoms with Crippen molar-refractivity contribution in [2.45, 2.75) is 24.6 Å². The van der Waals surface area contributed by atoms with E-state index in [1.54, 1.807) is 0 Å². The van der Waals surface area contributed by atoms with Crippen molar-refractivity contribution in [2.24, 2.45) is 0 Å². The average Bonchev–Trinajstić information content (AvgIpc) is 2.31. The third-order valence-corrected chi connectivity index (χ3v) is 4.05. The minimum atomic E-state index is -0.314. The Hall–Kier alpha value is -0.680. The number of nitrogens with one attached hydrogen (secondary N) is 1. The van der Waals surface area contributed by atoms with E-state index < -0.39 is 0 Å². The van der Waals surface area contributed by atoms with Gasteiger partial charge in [-0.1, -0.05) is 57.0 Å². The number of amides is 2. The second-order valence-corrected chi connectivity index (χ2v) is 5.52. The summed E-state index contributed by atoms with van der Waals surface area (Å²) in [4.78, 5) is 22.8. The fourth-order valence-corrected chi connectivity index (χ4v) is 1.80. The largest absolute Gasteiger partial charge is 0.295 e. The minimum Gasteiger partial charge on any atom is -0.295 e. The second-order valence-electron chi connectivity index (χ2n) is 3.56. The van der Waals surface area contributed by atoms with Crippen LogP contribution >= 0.6 is 31.9 Å². The van der Waals surface area contributed by atoms with Crippen molar-refractivity contribution < 1.29 is 9.59 Å². The molecule has 1 aromatic carbocycles. The fraction of sp³-hybridized carbons (Fsp3) is 0.333. The number of carbonyl (C=O) groups is 2. The molecule has 1 unspecified atom stereocenters. The lowest BCUT2D eigenvalue weighted by molar-refractivity contribution is -0.129. The molecule has 1 rings (SSSR count). The lowest BCUT2D eigenvalue weighted by Gasteiger charge is -2.08. The van der Waals surface area contributed by atoms with Gasteiger partial charge in [-0.05, 0) is 18.1 Å². The zero-order chi connectivity index (χ0) is 12.8. The normalized spacial score (nSPS) is 11.9. The number of halogens is 2. The Balaban J connectivity index is 2.56. The first-order chi connectivity index (χ1) is 8.04. The molecule has 1 aromatic rings. The van der Waals surface area contributed by atoms with Crippen LogP contribution in [-0.4, -0.2) is 16.6 Å². The van der Waals surface area contributed by atoms with Gasteiger partial charge in [0.2, 0.25) is 11.8 Å². The van der Waals surface area contributed by atoms with E-state index in [2.05, 4.69) is 37.2 Å². The fourth-order valence-electron chi connectivity index (χ4n) is 1.26. The molecule has 2 amide bonds. The van der Waals surface area contributed by atoms with Crippen LogP contribution in [0.2, 0.25) is 0 Å². The molecule has 0 spiro atoms. The Bertz CT molecular complexity index is 421. The predicted molar refractivity (Wildman–Crippen MR) is 74.0 cm³/mol. The first kappa shape index (κ1) is 14.4. The highest BCUT2D eigenvalue weighted by molar-refractivity contribution is 9.10. The molecule has 0 aliphatic rings. The SMILES string of the molecule is CCC(Br)C(=O)NC(=O)Cc1ccccc1Br. The number of benzene rings is 1. The molecule has 0 heterocycles. The van der Waals surface area contributed by atoms with Gasteiger partial charge in [-0.15, -0.1) is 0 Å². The van der Waals surface area contributed by atoms with Crippen molar-refractivity contribution in [2.75, 3.05) is 0 Å². The molecule has 0 aromatic heterocycles. The summed E-state index contributed by atoms with van der Waals surface area (Å²) in [5.74, 6) is -0.579. The van der Waals surface area contributed by atoms with Gasteiger partial charge in [0.15, 0.2) is 0 Å². The molecule has 0 bridgehead atoms. The van der Waals surface area contributed by atoms with Crippen LogP contribution in [0.25, 0.3) is 0 Å². The molecule has 5 heteroatoms. The quantitative estimate of drug-likeness (QED) is 0.837. The van der Waals surface area contributed by atoms with Gasteiger partial charge in [0.25, 0.3) is 0 Å². The van der Waals surface area contributed by atoms with E-state index in [1.807, 2.05) is 31.2 Å². The van der Waals surface area contributed by atoms with E-state index in [1.165, 1.54) is 0 Å². The van der Waals surface area contributed by atoms with E-state index in [-0.39, 0.29) is 23.1 Å². The highest BCUT2D eigenvalue weighted by Gasteiger charge is 2.16. The van der Waals surface area contributed by atoms with Crippen molar-refractivity contribution in [3.8, 4) is 0 Å². The van der Waals surface area contributed by atoms with Crippen LogP contribution < -0.4 is 5.32 Å². The van der Waals surface area contributed by atoms with E-state index in [9.17, 15) is 9.59 Å². The summed E-state index contributed by atoms with van der Waals surface area (Å²) in [6.45, 7) is 1.87. The maximum atomic E-state index is 11.6. The summed E-state index contributed by atoms with van der Waals surface area (Å²) < 4.78 is 0.869. The summed E-state index contributed by atoms with van der Waals surface area (Å²) in [6.07, 6.45) is 0.838. The molecular weight excluding hydrogens is 350 g/mol. The Labute approximate surface area is 117 Å². The molecule has 92 valence electrons. The molecule has 0 saturated carbocycles. The topological polar surface area (TPSA) is 46.2 Å². The Morgan fingerprint density at radius 3 is 2.59 bits per heavy atom. The van der Waals surface area contributed by atoms with Crippen LogP contribution in [0.15, 0.2) is 28.7 Å². The van der Waals surface area contributed by atoms with Crippen LogP contribution in [-0.2, 0) is 16.0 Å². The zero-order valence-electron chi connectivity index (χ0n) is 9.37. The number of hydrogen-bond acceptors (Lipinski definition) is 2. The summed E-state index contributed by atoms with van der Waals surface area (Å²) >= 11 is 6.56. The van der Waals surface area contributed by atoms with Gasteiger partial charge in [-0.2, -0.15) is 0 Å². The number of rotatable bonds is 4. The molecule has 1 atom stereocenters. The van der Waals surface area contributed by atoms with E-state index in [4.69, 9.17) is 0 Å². The molecule has 1 N–H and O–H groups in total. The minimum absolute atomic E-state index is 0.191. The molecule has 3 nitrogen and oxygen atoms in total. The maximum Gasteiger partial charge on any atom is 0.240 e. The van der Waals surface area contributed by atoms with E-state index in [0.717, 1.165) is 10.0 Å². The monoisotopic (exact) mass is 361 g/mol. The highest BCUT2D eigenvalue weighted by Crippen LogP contribution is 2.16. The third-order valence-electron chi connectivity index (χ3n) is 2.21. The van der Waals surface area contributed by atoms with Gasteiger partial charge in [0.1, 0.15) is 0 Å². The van der Waals surface area contributed by atoms with Crippen molar-refractivity contribution in [1.29, 1.82) is 0 Å². The van der Waals surface area contributed by atoms with E-state index >= 15 is 0 Å². The Morgan fingerprint density at radius 1 is 1.35 bits per heavy atom. The molecular formula is C12H13Br2NO2. The number of hydrogen-bond donors (Lipinski definition) is 1. The number of alkyl halides is 1. The number of carbonyl (C=O) groups excluding carboxylic acids is 2. The van der Waals surface area contributed by atoms with Crippen LogP contribution in [0.1, 0.15) is 18.9 Å². The summed E-state index contributed by atoms with van der Waals surface area (Å²) in [7, 11) is 0. The second kappa shape index (κ2) is 6.91. The third kappa shape index (κ3) is 4.60. The van der Waals surface area contributed by atoms with Gasteiger partial charge < -0.3 is 0 Å². The lowest BCUT2D eigenvalue weighted by atomic mass is 10.1. The average molecular weight is 363 g/mol. The summed E-state index contributed by atoms with van der Waals surface area (Å²) in [6, 6.07) is 7.44. The van der Waals surface area contributed by atoms with Crippen LogP contribution in [0.5, 0.6) is 0 Å². The highest BCUT2D eigenvalue weighted by atomic mass is 79.9. The van der Waals surface area contributed by atoms with Crippen LogP contribution in [0.4, 0.5) is 0 Å². The first-order valence-electron chi connectivity index (χ1n) is 5.25. The molecule has 0 aliphatic heterocycles. The van der Waals surface area contributed by atoms with Crippen LogP contribution in [0, 0.1) is 0 Å². The smallest absolute Gasteiger partial charge is 0.240 e. The Morgan fingerprint density at radius 2 is 2.00 bits per heavy atom. The molecule has 0 fully saturated rings. The standard InChI is InChI=1S/C12H13Br2NO2/c1-2-9(13)12(17)15-11(16)7-8-5-3-4-6-10(8)14/h3-6,9H,2,7H2,1H3,(H,15,16,17). The summed E-state index contributed by atoms with van der Waals surface area (Å²) in [5, 5.41) is 2.36. The predicted octanol–water partition coefficient (Wildman–Crippen LogP) is 2.81. The van der Waals surface area contributed by atoms with Gasteiger partial charge in [-0.25, -0.2) is 0 Å². The van der Waals surface area contributed by atoms with Gasteiger partial charge in [-0.3, -0.25) is 14.9 Å². The summed E-state index contributed by atoms with van der Waals surface area (Å²) in [5.41, 5.74) is 0.862. The van der Waals surface area contributed by atoms with Crippen molar-refractivity contribution in [3.05, 3.63) is 34.3 Å². The lowest BCUT2D eigenvalue weighted by Crippen LogP contribution is -2.36. The van der Waals surface area contributed by atoms with Crippen LogP contribution in [0.3, 0.4) is 0 Å². The van der Waals surface area contributed by atoms with Gasteiger partial charge >= 0.3 is 0 Å². The van der Waals surface area contributed by atoms with Gasteiger partial charge in [0, 0.05) is 4.47 Å². The first-order valence-corrected chi connectivity index (χ1v) is 6.96. The van der Waals surface area contributed by atoms with E-state index in [0.29, 0.717) is 6.42 Å². The van der Waals surface area contributed by atoms with Gasteiger partial charge in [0.05, 0.1) is 11.2 Å².